The predicted molar refractivity (Wildman–Crippen MR) is 408 cm³/mol. The lowest BCUT2D eigenvalue weighted by Gasteiger charge is -2.32. The Hall–Kier alpha value is -13.0. The Bertz CT molecular complexity index is 4970. The van der Waals surface area contributed by atoms with Crippen LogP contribution in [0.4, 0.5) is 0 Å². The number of fused-ring (bicyclic) bond motifs is 4. The summed E-state index contributed by atoms with van der Waals surface area (Å²) in [7, 11) is 1.59. The van der Waals surface area contributed by atoms with E-state index >= 15 is 0 Å². The Morgan fingerprint density at radius 2 is 0.650 bits per heavy atom. The smallest absolute Gasteiger partial charge is 0.246 e. The highest BCUT2D eigenvalue weighted by Crippen LogP contribution is 2.43. The lowest BCUT2D eigenvalue weighted by Crippen LogP contribution is -2.36. The minimum absolute atomic E-state index is 0.0187. The van der Waals surface area contributed by atoms with Crippen LogP contribution in [0.5, 0.6) is 57.5 Å². The fourth-order valence-corrected chi connectivity index (χ4v) is 12.3. The van der Waals surface area contributed by atoms with E-state index in [0.717, 1.165) is 31.2 Å². The van der Waals surface area contributed by atoms with Crippen molar-refractivity contribution in [1.29, 1.82) is 0 Å². The number of aromatic hydroxyl groups is 3. The Kier molecular flexibility index (Phi) is 27.5. The number of likely N-dealkylation sites (tertiary alicyclic amines) is 4. The number of Topliss-reactive ketones (excluding diaryl/α,β-unsaturated/α-hetero) is 7. The number of carbonyl (C=O) groups excluding carboxylic acids is 16. The van der Waals surface area contributed by atoms with Crippen molar-refractivity contribution in [3.05, 3.63) is 154 Å². The Morgan fingerprint density at radius 3 is 1.00 bits per heavy atom. The Labute approximate surface area is 671 Å². The number of likely N-dealkylation sites (N-methyl/N-ethyl adjacent to an activating group) is 1. The molecule has 0 aromatic heterocycles. The topological polar surface area (TPSA) is 444 Å². The molecular formula is C84H89N5O28. The summed E-state index contributed by atoms with van der Waals surface area (Å²) in [5.74, 6) is -3.88. The fourth-order valence-electron chi connectivity index (χ4n) is 12.3. The first kappa shape index (κ1) is 87.9. The maximum atomic E-state index is 12.3. The molecule has 4 fully saturated rings. The normalized spacial score (nSPS) is 16.8. The molecule has 8 aliphatic rings. The van der Waals surface area contributed by atoms with Crippen LogP contribution in [0.15, 0.2) is 109 Å². The lowest BCUT2D eigenvalue weighted by molar-refractivity contribution is -0.180. The van der Waals surface area contributed by atoms with E-state index in [0.29, 0.717) is 69.1 Å². The Morgan fingerprint density at radius 1 is 0.350 bits per heavy atom. The van der Waals surface area contributed by atoms with Crippen LogP contribution in [-0.2, 0) is 65.9 Å². The average molecular weight is 1620 g/mol. The van der Waals surface area contributed by atoms with Gasteiger partial charge < -0.3 is 68.0 Å². The van der Waals surface area contributed by atoms with E-state index in [4.69, 9.17) is 48.1 Å². The minimum atomic E-state index is -0.759. The van der Waals surface area contributed by atoms with Crippen LogP contribution in [-0.4, -0.2) is 201 Å². The number of carbonyl (C=O) groups is 16. The predicted octanol–water partition coefficient (Wildman–Crippen LogP) is 8.44. The zero-order chi connectivity index (χ0) is 85.9. The summed E-state index contributed by atoms with van der Waals surface area (Å²) in [5.41, 5.74) is 3.28. The standard InChI is InChI=1S/C16H17NO5.C15H15NO5.C14H17NO4.C14H16O4.C13H13NO5.C12H11NO5/c1-16(2)21-9-11-7-10(3-4-13(11)22-16)12(18)8-17-14(19)5-6-15(17)20;1-15(2)20-11-4-3-9(7-12(11)21-15)10(17)8-16-13(18)5-6-14(16)19;1-9(16)15(4)8-11(17)10-5-6-12-13(7-10)19-14(2,3)18-12;1-9(15)4-6-11(16)10-5-7-12-13(8-10)18-14(2,3)17-12;15-7-9-5-8(1-2-10(9)16)11(17)6-14-12(18)3-4-13(14)19;14-8-2-1-7(5-9(8)15)10(16)6-13-11(17)3-4-12(13)18/h3-4,7H,5-6,8-9H2,1-2H3;3-4,7H,5-6,8H2,1-2H3;5-7H,8H2,1-4H3;5,7-8H,4,6H2,1-3H3;1-2,5,15-16H,3-4,6-7H2;1-2,5,14-15H,3-4,6H2. The van der Waals surface area contributed by atoms with Gasteiger partial charge >= 0.3 is 0 Å². The summed E-state index contributed by atoms with van der Waals surface area (Å²) >= 11 is 0. The van der Waals surface area contributed by atoms with Gasteiger partial charge in [0, 0.05) is 178 Å². The molecule has 618 valence electrons. The van der Waals surface area contributed by atoms with Crippen molar-refractivity contribution in [2.75, 3.05) is 39.8 Å². The lowest BCUT2D eigenvalue weighted by atomic mass is 10.0. The van der Waals surface area contributed by atoms with E-state index in [9.17, 15) is 86.9 Å². The number of aliphatic hydroxyl groups is 1. The van der Waals surface area contributed by atoms with Crippen molar-refractivity contribution in [2.24, 2.45) is 0 Å². The van der Waals surface area contributed by atoms with Gasteiger partial charge in [-0.1, -0.05) is 0 Å². The van der Waals surface area contributed by atoms with E-state index in [1.165, 1.54) is 49.1 Å². The number of phenolic OH excluding ortho intramolecular Hbond substituents is 2. The number of aliphatic hydroxyl groups excluding tert-OH is 1. The molecule has 6 aromatic carbocycles. The van der Waals surface area contributed by atoms with Crippen molar-refractivity contribution in [2.45, 2.75) is 170 Å². The monoisotopic (exact) mass is 1620 g/mol. The molecule has 8 heterocycles. The van der Waals surface area contributed by atoms with Gasteiger partial charge in [0.2, 0.25) is 76.3 Å². The maximum Gasteiger partial charge on any atom is 0.246 e. The third kappa shape index (κ3) is 23.1. The summed E-state index contributed by atoms with van der Waals surface area (Å²) in [5, 5.41) is 36.8. The Balaban J connectivity index is 0.000000161. The van der Waals surface area contributed by atoms with E-state index in [1.54, 1.807) is 108 Å². The van der Waals surface area contributed by atoms with Crippen molar-refractivity contribution >= 4 is 93.6 Å². The highest BCUT2D eigenvalue weighted by Gasteiger charge is 2.39. The third-order valence-electron chi connectivity index (χ3n) is 18.6. The first-order valence-corrected chi connectivity index (χ1v) is 37.1. The summed E-state index contributed by atoms with van der Waals surface area (Å²) in [4.78, 5) is 191. The molecule has 0 spiro atoms. The van der Waals surface area contributed by atoms with Crippen LogP contribution < -0.4 is 33.2 Å². The van der Waals surface area contributed by atoms with Crippen molar-refractivity contribution in [3.63, 3.8) is 0 Å². The van der Waals surface area contributed by atoms with Gasteiger partial charge in [0.25, 0.3) is 0 Å². The minimum Gasteiger partial charge on any atom is -0.508 e. The molecule has 33 heteroatoms. The molecule has 8 aliphatic heterocycles. The van der Waals surface area contributed by atoms with Gasteiger partial charge in [-0.2, -0.15) is 0 Å². The number of rotatable bonds is 20. The highest BCUT2D eigenvalue weighted by molar-refractivity contribution is 6.11. The molecule has 33 nitrogen and oxygen atoms in total. The fraction of sp³-hybridized carbons (Fsp3) is 0.381. The number of hydrogen-bond donors (Lipinski definition) is 4. The SMILES string of the molecule is CC(=O)CCC(=O)c1ccc2c(c1)OC(C)(C)O2.CC(=O)N(C)CC(=O)c1ccc2c(c1)OC(C)(C)O2.CC1(C)OCc2cc(C(=O)CN3C(=O)CCC3=O)ccc2O1.CC1(C)Oc2ccc(C(=O)CN3C(=O)CCC3=O)cc2O1.O=C(CN1C(=O)CCC1=O)c1ccc(O)c(CO)c1.O=C(CN1C(=O)CCC1=O)c1ccc(O)c(O)c1. The summed E-state index contributed by atoms with van der Waals surface area (Å²) in [6.45, 7) is 16.3. The van der Waals surface area contributed by atoms with Gasteiger partial charge in [0.05, 0.1) is 45.9 Å². The number of imide groups is 4. The van der Waals surface area contributed by atoms with Gasteiger partial charge in [0.1, 0.15) is 17.3 Å². The van der Waals surface area contributed by atoms with Crippen LogP contribution in [0.2, 0.25) is 0 Å². The quantitative estimate of drug-likeness (QED) is 0.0316. The number of amides is 9. The highest BCUT2D eigenvalue weighted by atomic mass is 16.7. The van der Waals surface area contributed by atoms with E-state index in [1.807, 2.05) is 27.7 Å². The molecule has 0 saturated carbocycles. The van der Waals surface area contributed by atoms with Crippen LogP contribution >= 0.6 is 0 Å². The van der Waals surface area contributed by atoms with Crippen molar-refractivity contribution in [1.82, 2.24) is 24.5 Å². The number of hydrogen-bond acceptors (Lipinski definition) is 28. The van der Waals surface area contributed by atoms with Crippen molar-refractivity contribution in [3.8, 4) is 57.5 Å². The van der Waals surface area contributed by atoms with Gasteiger partial charge in [-0.05, 0) is 116 Å². The number of nitrogens with zero attached hydrogens (tertiary/aromatic N) is 5. The van der Waals surface area contributed by atoms with E-state index in [2.05, 4.69) is 0 Å². The molecule has 4 saturated heterocycles. The molecule has 6 aromatic rings. The molecule has 0 aliphatic carbocycles. The van der Waals surface area contributed by atoms with Crippen LogP contribution in [0.3, 0.4) is 0 Å². The maximum absolute atomic E-state index is 12.3. The van der Waals surface area contributed by atoms with Crippen LogP contribution in [0.1, 0.15) is 207 Å². The number of phenols is 3. The van der Waals surface area contributed by atoms with E-state index in [-0.39, 0.29) is 207 Å². The van der Waals surface area contributed by atoms with Gasteiger partial charge in [-0.15, -0.1) is 0 Å². The summed E-state index contributed by atoms with van der Waals surface area (Å²) < 4.78 is 44.6. The molecule has 0 radical (unpaired) electrons. The van der Waals surface area contributed by atoms with Gasteiger partial charge in [-0.25, -0.2) is 0 Å². The molecule has 0 unspecified atom stereocenters. The summed E-state index contributed by atoms with van der Waals surface area (Å²) in [6.07, 6.45) is 1.80. The zero-order valence-corrected chi connectivity index (χ0v) is 66.2. The van der Waals surface area contributed by atoms with Gasteiger partial charge in [-0.3, -0.25) is 91.5 Å². The second-order valence-electron chi connectivity index (χ2n) is 29.7. The summed E-state index contributed by atoms with van der Waals surface area (Å²) in [6, 6.07) is 27.7. The first-order chi connectivity index (χ1) is 54.9. The van der Waals surface area contributed by atoms with Crippen molar-refractivity contribution < 1.29 is 135 Å². The van der Waals surface area contributed by atoms with Crippen LogP contribution in [0, 0.1) is 0 Å². The molecule has 0 atom stereocenters. The zero-order valence-electron chi connectivity index (χ0n) is 66.2. The number of benzene rings is 6. The first-order valence-electron chi connectivity index (χ1n) is 37.1. The number of ketones is 7. The second-order valence-corrected chi connectivity index (χ2v) is 29.7. The second kappa shape index (κ2) is 36.6. The number of ether oxygens (including phenoxy) is 8. The van der Waals surface area contributed by atoms with Gasteiger partial charge in [0.15, 0.2) is 80.7 Å². The molecule has 0 bridgehead atoms. The molecule has 9 amide bonds. The molecule has 14 rings (SSSR count). The largest absolute Gasteiger partial charge is 0.508 e. The molecule has 117 heavy (non-hydrogen) atoms. The third-order valence-corrected chi connectivity index (χ3v) is 18.6. The average Bonchev–Trinajstić information content (AvgIpc) is 1.76. The van der Waals surface area contributed by atoms with E-state index < -0.39 is 47.1 Å². The molecular weight excluding hydrogens is 1530 g/mol. The van der Waals surface area contributed by atoms with Crippen LogP contribution in [0.25, 0.3) is 0 Å². The molecule has 4 N–H and O–H groups in total.